The molecular weight excluding hydrogens is 315 g/mol. The van der Waals surface area contributed by atoms with E-state index in [4.69, 9.17) is 32.8 Å². The van der Waals surface area contributed by atoms with Crippen LogP contribution in [0.1, 0.15) is 28.2 Å². The number of aliphatic hydroxyl groups excluding tert-OH is 1. The standard InChI is InChI=1S/C14H14Cl2N2O3/c1-8-11(14(20)17-6-7-19)13(18-21-8)12-9(15)4-2-3-5-10(12)16/h2-4,19H,5-7H2,1H3,(H,17,20). The van der Waals surface area contributed by atoms with E-state index >= 15 is 0 Å². The molecule has 1 heterocycles. The van der Waals surface area contributed by atoms with Crippen molar-refractivity contribution in [2.45, 2.75) is 13.3 Å². The van der Waals surface area contributed by atoms with Crippen LogP contribution in [0, 0.1) is 6.92 Å². The summed E-state index contributed by atoms with van der Waals surface area (Å²) in [6.07, 6.45) is 5.82. The second-order valence-corrected chi connectivity index (χ2v) is 5.23. The molecule has 21 heavy (non-hydrogen) atoms. The molecule has 7 heteroatoms. The molecule has 2 rings (SSSR count). The topological polar surface area (TPSA) is 75.4 Å². The van der Waals surface area contributed by atoms with Gasteiger partial charge in [-0.15, -0.1) is 0 Å². The van der Waals surface area contributed by atoms with E-state index in [-0.39, 0.29) is 18.7 Å². The molecule has 0 radical (unpaired) electrons. The molecule has 0 unspecified atom stereocenters. The quantitative estimate of drug-likeness (QED) is 0.891. The monoisotopic (exact) mass is 328 g/mol. The summed E-state index contributed by atoms with van der Waals surface area (Å²) in [7, 11) is 0. The van der Waals surface area contributed by atoms with E-state index in [0.717, 1.165) is 0 Å². The normalized spacial score (nSPS) is 15.0. The first-order valence-electron chi connectivity index (χ1n) is 6.33. The van der Waals surface area contributed by atoms with E-state index in [1.54, 1.807) is 19.1 Å². The lowest BCUT2D eigenvalue weighted by Gasteiger charge is -2.08. The molecule has 1 aliphatic carbocycles. The van der Waals surface area contributed by atoms with E-state index < -0.39 is 5.91 Å². The first kappa shape index (κ1) is 15.8. The minimum Gasteiger partial charge on any atom is -0.395 e. The molecule has 0 spiro atoms. The Morgan fingerprint density at radius 2 is 2.29 bits per heavy atom. The SMILES string of the molecule is Cc1onc(C2=C(Cl)CC=CC=C2Cl)c1C(=O)NCCO. The number of hydrogen-bond acceptors (Lipinski definition) is 4. The minimum atomic E-state index is -0.392. The van der Waals surface area contributed by atoms with Gasteiger partial charge < -0.3 is 14.9 Å². The third kappa shape index (κ3) is 3.37. The van der Waals surface area contributed by atoms with Crippen LogP contribution in [0.3, 0.4) is 0 Å². The average molecular weight is 329 g/mol. The van der Waals surface area contributed by atoms with Crippen LogP contribution in [0.2, 0.25) is 0 Å². The van der Waals surface area contributed by atoms with Crippen molar-refractivity contribution in [3.8, 4) is 0 Å². The van der Waals surface area contributed by atoms with Crippen LogP contribution in [-0.2, 0) is 0 Å². The highest BCUT2D eigenvalue weighted by molar-refractivity contribution is 6.42. The molecule has 1 aliphatic rings. The Morgan fingerprint density at radius 1 is 1.52 bits per heavy atom. The summed E-state index contributed by atoms with van der Waals surface area (Å²) in [6.45, 7) is 1.62. The molecule has 112 valence electrons. The van der Waals surface area contributed by atoms with Gasteiger partial charge in [-0.3, -0.25) is 4.79 Å². The maximum atomic E-state index is 12.2. The molecule has 0 aromatic carbocycles. The van der Waals surface area contributed by atoms with Crippen molar-refractivity contribution in [2.75, 3.05) is 13.2 Å². The minimum absolute atomic E-state index is 0.140. The fourth-order valence-electron chi connectivity index (χ4n) is 1.95. The van der Waals surface area contributed by atoms with Gasteiger partial charge in [0.15, 0.2) is 0 Å². The molecule has 1 amide bonds. The molecule has 2 N–H and O–H groups in total. The smallest absolute Gasteiger partial charge is 0.257 e. The Labute approximate surface area is 131 Å². The zero-order chi connectivity index (χ0) is 15.4. The summed E-state index contributed by atoms with van der Waals surface area (Å²) >= 11 is 12.5. The van der Waals surface area contributed by atoms with Crippen LogP contribution in [0.15, 0.2) is 32.8 Å². The zero-order valence-electron chi connectivity index (χ0n) is 11.3. The maximum Gasteiger partial charge on any atom is 0.257 e. The summed E-state index contributed by atoms with van der Waals surface area (Å²) in [6, 6.07) is 0. The average Bonchev–Trinajstić information content (AvgIpc) is 2.74. The molecule has 1 aromatic rings. The number of amides is 1. The van der Waals surface area contributed by atoms with E-state index in [1.165, 1.54) is 0 Å². The maximum absolute atomic E-state index is 12.2. The fraction of sp³-hybridized carbons (Fsp3) is 0.286. The van der Waals surface area contributed by atoms with E-state index in [1.807, 2.05) is 6.08 Å². The van der Waals surface area contributed by atoms with Crippen molar-refractivity contribution in [3.05, 3.63) is 45.3 Å². The third-order valence-electron chi connectivity index (χ3n) is 2.91. The largest absolute Gasteiger partial charge is 0.395 e. The van der Waals surface area contributed by atoms with Crippen LogP contribution in [0.4, 0.5) is 0 Å². The van der Waals surface area contributed by atoms with Crippen LogP contribution in [0.5, 0.6) is 0 Å². The lowest BCUT2D eigenvalue weighted by Crippen LogP contribution is -2.27. The molecule has 0 fully saturated rings. The Morgan fingerprint density at radius 3 is 3.00 bits per heavy atom. The van der Waals surface area contributed by atoms with Gasteiger partial charge in [0.1, 0.15) is 17.0 Å². The molecule has 1 aromatic heterocycles. The molecule has 0 aliphatic heterocycles. The van der Waals surface area contributed by atoms with Crippen molar-refractivity contribution in [3.63, 3.8) is 0 Å². The van der Waals surface area contributed by atoms with Crippen molar-refractivity contribution >= 4 is 34.7 Å². The van der Waals surface area contributed by atoms with Crippen molar-refractivity contribution in [1.82, 2.24) is 10.5 Å². The number of aryl methyl sites for hydroxylation is 1. The van der Waals surface area contributed by atoms with Crippen LogP contribution >= 0.6 is 23.2 Å². The van der Waals surface area contributed by atoms with Gasteiger partial charge in [0, 0.05) is 23.6 Å². The lowest BCUT2D eigenvalue weighted by molar-refractivity contribution is 0.0943. The summed E-state index contributed by atoms with van der Waals surface area (Å²) in [5.74, 6) is -0.0319. The number of nitrogens with one attached hydrogen (secondary N) is 1. The van der Waals surface area contributed by atoms with Gasteiger partial charge in [0.25, 0.3) is 5.91 Å². The van der Waals surface area contributed by atoms with Crippen LogP contribution in [-0.4, -0.2) is 29.3 Å². The number of carbonyl (C=O) groups excluding carboxylic acids is 1. The summed E-state index contributed by atoms with van der Waals surface area (Å²) in [4.78, 5) is 12.2. The summed E-state index contributed by atoms with van der Waals surface area (Å²) in [5, 5.41) is 16.2. The second-order valence-electron chi connectivity index (χ2n) is 4.37. The fourth-order valence-corrected chi connectivity index (χ4v) is 2.55. The molecule has 0 saturated carbocycles. The van der Waals surface area contributed by atoms with Crippen LogP contribution < -0.4 is 5.32 Å². The highest BCUT2D eigenvalue weighted by Crippen LogP contribution is 2.36. The molecule has 0 saturated heterocycles. The van der Waals surface area contributed by atoms with E-state index in [2.05, 4.69) is 10.5 Å². The lowest BCUT2D eigenvalue weighted by atomic mass is 10.0. The highest BCUT2D eigenvalue weighted by atomic mass is 35.5. The Hall–Kier alpha value is -1.56. The number of rotatable bonds is 4. The first-order chi connectivity index (χ1) is 10.1. The summed E-state index contributed by atoms with van der Waals surface area (Å²) < 4.78 is 5.12. The number of aliphatic hydroxyl groups is 1. The van der Waals surface area contributed by atoms with Crippen molar-refractivity contribution < 1.29 is 14.4 Å². The molecule has 0 bridgehead atoms. The van der Waals surface area contributed by atoms with E-state index in [9.17, 15) is 4.79 Å². The second kappa shape index (κ2) is 6.93. The summed E-state index contributed by atoms with van der Waals surface area (Å²) in [5.41, 5.74) is 1.05. The molecular formula is C14H14Cl2N2O3. The van der Waals surface area contributed by atoms with Gasteiger partial charge in [-0.1, -0.05) is 40.5 Å². The highest BCUT2D eigenvalue weighted by Gasteiger charge is 2.26. The predicted octanol–water partition coefficient (Wildman–Crippen LogP) is 2.74. The van der Waals surface area contributed by atoms with Crippen molar-refractivity contribution in [1.29, 1.82) is 0 Å². The number of nitrogens with zero attached hydrogens (tertiary/aromatic N) is 1. The number of hydrogen-bond donors (Lipinski definition) is 2. The van der Waals surface area contributed by atoms with Gasteiger partial charge in [0.2, 0.25) is 0 Å². The van der Waals surface area contributed by atoms with Gasteiger partial charge in [0.05, 0.1) is 11.6 Å². The third-order valence-corrected chi connectivity index (χ3v) is 3.57. The number of allylic oxidation sites excluding steroid dienone is 6. The first-order valence-corrected chi connectivity index (χ1v) is 7.09. The zero-order valence-corrected chi connectivity index (χ0v) is 12.8. The number of halogens is 2. The Balaban J connectivity index is 2.48. The number of aromatic nitrogens is 1. The van der Waals surface area contributed by atoms with Gasteiger partial charge >= 0.3 is 0 Å². The van der Waals surface area contributed by atoms with Crippen LogP contribution in [0.25, 0.3) is 5.57 Å². The van der Waals surface area contributed by atoms with E-state index in [0.29, 0.717) is 33.5 Å². The Bertz CT molecular complexity index is 645. The van der Waals surface area contributed by atoms with Gasteiger partial charge in [-0.05, 0) is 13.0 Å². The van der Waals surface area contributed by atoms with Crippen molar-refractivity contribution in [2.24, 2.45) is 0 Å². The Kier molecular flexibility index (Phi) is 5.22. The van der Waals surface area contributed by atoms with Gasteiger partial charge in [-0.2, -0.15) is 0 Å². The molecule has 0 atom stereocenters. The number of carbonyl (C=O) groups is 1. The predicted molar refractivity (Wildman–Crippen MR) is 81.1 cm³/mol. The molecule has 5 nitrogen and oxygen atoms in total. The van der Waals surface area contributed by atoms with Gasteiger partial charge in [-0.25, -0.2) is 0 Å².